The van der Waals surface area contributed by atoms with Crippen LogP contribution in [-0.4, -0.2) is 16.9 Å². The van der Waals surface area contributed by atoms with Crippen LogP contribution in [0.3, 0.4) is 0 Å². The van der Waals surface area contributed by atoms with Crippen LogP contribution in [0.5, 0.6) is 0 Å². The Kier molecular flexibility index (Phi) is 6.71. The van der Waals surface area contributed by atoms with E-state index in [0.717, 1.165) is 11.1 Å². The van der Waals surface area contributed by atoms with Crippen molar-refractivity contribution in [1.82, 2.24) is 5.32 Å². The van der Waals surface area contributed by atoms with E-state index in [2.05, 4.69) is 16.0 Å². The predicted molar refractivity (Wildman–Crippen MR) is 121 cm³/mol. The molecule has 0 atom stereocenters. The molecule has 146 valence electrons. The number of rotatable bonds is 5. The lowest BCUT2D eigenvalue weighted by atomic mass is 10.0. The van der Waals surface area contributed by atoms with Gasteiger partial charge < -0.3 is 10.6 Å². The van der Waals surface area contributed by atoms with E-state index in [1.54, 1.807) is 43.3 Å². The van der Waals surface area contributed by atoms with Crippen LogP contribution in [0.15, 0.2) is 78.9 Å². The molecule has 6 heteroatoms. The summed E-state index contributed by atoms with van der Waals surface area (Å²) >= 11 is 5.22. The molecule has 29 heavy (non-hydrogen) atoms. The monoisotopic (exact) mass is 403 g/mol. The number of nitrogens with one attached hydrogen (secondary N) is 3. The summed E-state index contributed by atoms with van der Waals surface area (Å²) in [5.41, 5.74) is 4.07. The zero-order chi connectivity index (χ0) is 20.6. The van der Waals surface area contributed by atoms with Crippen LogP contribution in [0.4, 0.5) is 11.4 Å². The third-order valence-corrected chi connectivity index (χ3v) is 4.43. The number of carbonyl (C=O) groups excluding carboxylic acids is 2. The summed E-state index contributed by atoms with van der Waals surface area (Å²) in [6, 6.07) is 24.4. The standard InChI is InChI=1S/C23H21N3O2S/c1-2-21(27)24-19-12-14-20(15-13-19)25-23(29)26-22(28)18-10-8-17(9-11-18)16-6-4-3-5-7-16/h3-15H,2H2,1H3,(H,24,27)(H2,25,26,28,29). The molecule has 0 aliphatic heterocycles. The number of benzene rings is 3. The van der Waals surface area contributed by atoms with E-state index in [4.69, 9.17) is 12.2 Å². The highest BCUT2D eigenvalue weighted by Gasteiger charge is 2.09. The fourth-order valence-corrected chi connectivity index (χ4v) is 2.88. The summed E-state index contributed by atoms with van der Waals surface area (Å²) in [6.07, 6.45) is 0.419. The Balaban J connectivity index is 1.56. The summed E-state index contributed by atoms with van der Waals surface area (Å²) in [6.45, 7) is 1.79. The molecule has 0 heterocycles. The molecular formula is C23H21N3O2S. The quantitative estimate of drug-likeness (QED) is 0.534. The Hall–Kier alpha value is -3.51. The van der Waals surface area contributed by atoms with Crippen molar-refractivity contribution in [2.75, 3.05) is 10.6 Å². The molecule has 0 aliphatic rings. The van der Waals surface area contributed by atoms with Gasteiger partial charge in [0.1, 0.15) is 0 Å². The summed E-state index contributed by atoms with van der Waals surface area (Å²) < 4.78 is 0. The van der Waals surface area contributed by atoms with E-state index in [-0.39, 0.29) is 16.9 Å². The van der Waals surface area contributed by atoms with Crippen molar-refractivity contribution in [3.8, 4) is 11.1 Å². The van der Waals surface area contributed by atoms with Gasteiger partial charge in [-0.25, -0.2) is 0 Å². The van der Waals surface area contributed by atoms with Gasteiger partial charge in [0.25, 0.3) is 5.91 Å². The van der Waals surface area contributed by atoms with E-state index in [0.29, 0.717) is 23.4 Å². The van der Waals surface area contributed by atoms with E-state index in [9.17, 15) is 9.59 Å². The lowest BCUT2D eigenvalue weighted by Gasteiger charge is -2.11. The van der Waals surface area contributed by atoms with Crippen LogP contribution in [0, 0.1) is 0 Å². The number of anilines is 2. The molecule has 3 rings (SSSR count). The van der Waals surface area contributed by atoms with Gasteiger partial charge in [0.2, 0.25) is 5.91 Å². The zero-order valence-corrected chi connectivity index (χ0v) is 16.8. The molecule has 3 aromatic carbocycles. The first-order chi connectivity index (χ1) is 14.0. The van der Waals surface area contributed by atoms with Gasteiger partial charge in [-0.15, -0.1) is 0 Å². The molecule has 0 aliphatic carbocycles. The first-order valence-corrected chi connectivity index (χ1v) is 9.63. The number of carbonyl (C=O) groups is 2. The van der Waals surface area contributed by atoms with Crippen molar-refractivity contribution >= 4 is 40.5 Å². The van der Waals surface area contributed by atoms with Crippen molar-refractivity contribution in [2.24, 2.45) is 0 Å². The Morgan fingerprint density at radius 1 is 0.759 bits per heavy atom. The maximum absolute atomic E-state index is 12.4. The minimum absolute atomic E-state index is 0.0493. The molecule has 0 saturated carbocycles. The van der Waals surface area contributed by atoms with Crippen molar-refractivity contribution in [2.45, 2.75) is 13.3 Å². The van der Waals surface area contributed by atoms with Gasteiger partial charge in [-0.3, -0.25) is 14.9 Å². The van der Waals surface area contributed by atoms with E-state index >= 15 is 0 Å². The second-order valence-corrected chi connectivity index (χ2v) is 6.74. The number of thiocarbonyl (C=S) groups is 1. The molecule has 0 aromatic heterocycles. The normalized spacial score (nSPS) is 10.1. The van der Waals surface area contributed by atoms with Crippen molar-refractivity contribution in [3.63, 3.8) is 0 Å². The molecular weight excluding hydrogens is 382 g/mol. The van der Waals surface area contributed by atoms with E-state index < -0.39 is 0 Å². The largest absolute Gasteiger partial charge is 0.332 e. The molecule has 0 radical (unpaired) electrons. The lowest BCUT2D eigenvalue weighted by molar-refractivity contribution is -0.115. The Morgan fingerprint density at radius 3 is 1.90 bits per heavy atom. The number of hydrogen-bond acceptors (Lipinski definition) is 3. The van der Waals surface area contributed by atoms with Crippen LogP contribution in [0.2, 0.25) is 0 Å². The summed E-state index contributed by atoms with van der Waals surface area (Å²) in [4.78, 5) is 23.8. The molecule has 0 spiro atoms. The van der Waals surface area contributed by atoms with Crippen LogP contribution in [-0.2, 0) is 4.79 Å². The van der Waals surface area contributed by atoms with Gasteiger partial charge in [0.05, 0.1) is 0 Å². The van der Waals surface area contributed by atoms with E-state index in [1.165, 1.54) is 0 Å². The minimum Gasteiger partial charge on any atom is -0.332 e. The summed E-state index contributed by atoms with van der Waals surface area (Å²) in [5, 5.41) is 8.61. The maximum Gasteiger partial charge on any atom is 0.257 e. The van der Waals surface area contributed by atoms with Crippen LogP contribution in [0.1, 0.15) is 23.7 Å². The average molecular weight is 404 g/mol. The molecule has 0 fully saturated rings. The van der Waals surface area contributed by atoms with Crippen molar-refractivity contribution in [3.05, 3.63) is 84.4 Å². The van der Waals surface area contributed by atoms with Gasteiger partial charge in [-0.05, 0) is 59.7 Å². The fraction of sp³-hybridized carbons (Fsp3) is 0.0870. The molecule has 3 N–H and O–H groups in total. The van der Waals surface area contributed by atoms with Crippen molar-refractivity contribution < 1.29 is 9.59 Å². The molecule has 0 bridgehead atoms. The minimum atomic E-state index is -0.283. The maximum atomic E-state index is 12.4. The molecule has 5 nitrogen and oxygen atoms in total. The van der Waals surface area contributed by atoms with Crippen LogP contribution in [0.25, 0.3) is 11.1 Å². The number of hydrogen-bond donors (Lipinski definition) is 3. The van der Waals surface area contributed by atoms with Gasteiger partial charge in [-0.1, -0.05) is 49.4 Å². The zero-order valence-electron chi connectivity index (χ0n) is 15.9. The van der Waals surface area contributed by atoms with Crippen molar-refractivity contribution in [1.29, 1.82) is 0 Å². The smallest absolute Gasteiger partial charge is 0.257 e. The fourth-order valence-electron chi connectivity index (χ4n) is 2.67. The average Bonchev–Trinajstić information content (AvgIpc) is 2.75. The first kappa shape index (κ1) is 20.2. The van der Waals surface area contributed by atoms with Gasteiger partial charge in [0.15, 0.2) is 5.11 Å². The highest BCUT2D eigenvalue weighted by Crippen LogP contribution is 2.19. The Labute approximate surface area is 175 Å². The second kappa shape index (κ2) is 9.61. The topological polar surface area (TPSA) is 70.2 Å². The van der Waals surface area contributed by atoms with Crippen LogP contribution < -0.4 is 16.0 Å². The Bertz CT molecular complexity index is 1000. The van der Waals surface area contributed by atoms with Gasteiger partial charge in [-0.2, -0.15) is 0 Å². The number of amides is 2. The molecule has 2 amide bonds. The summed E-state index contributed by atoms with van der Waals surface area (Å²) in [5.74, 6) is -0.333. The summed E-state index contributed by atoms with van der Waals surface area (Å²) in [7, 11) is 0. The van der Waals surface area contributed by atoms with E-state index in [1.807, 2.05) is 42.5 Å². The molecule has 3 aromatic rings. The lowest BCUT2D eigenvalue weighted by Crippen LogP contribution is -2.34. The van der Waals surface area contributed by atoms with Crippen LogP contribution >= 0.6 is 12.2 Å². The molecule has 0 unspecified atom stereocenters. The molecule has 0 saturated heterocycles. The Morgan fingerprint density at radius 2 is 1.31 bits per heavy atom. The third-order valence-electron chi connectivity index (χ3n) is 4.23. The third kappa shape index (κ3) is 5.73. The second-order valence-electron chi connectivity index (χ2n) is 6.33. The van der Waals surface area contributed by atoms with Gasteiger partial charge in [0, 0.05) is 23.4 Å². The SMILES string of the molecule is CCC(=O)Nc1ccc(NC(=S)NC(=O)c2ccc(-c3ccccc3)cc2)cc1. The highest BCUT2D eigenvalue weighted by molar-refractivity contribution is 7.80. The predicted octanol–water partition coefficient (Wildman–Crippen LogP) is 4.83. The van der Waals surface area contributed by atoms with Gasteiger partial charge >= 0.3 is 0 Å². The highest BCUT2D eigenvalue weighted by atomic mass is 32.1. The first-order valence-electron chi connectivity index (χ1n) is 9.23.